The van der Waals surface area contributed by atoms with Gasteiger partial charge in [0.2, 0.25) is 5.43 Å². The van der Waals surface area contributed by atoms with Gasteiger partial charge in [-0.3, -0.25) is 14.2 Å². The van der Waals surface area contributed by atoms with Gasteiger partial charge in [-0.2, -0.15) is 0 Å². The predicted octanol–water partition coefficient (Wildman–Crippen LogP) is 4.13. The van der Waals surface area contributed by atoms with Crippen LogP contribution in [0.1, 0.15) is 40.2 Å². The van der Waals surface area contributed by atoms with Crippen LogP contribution in [0.4, 0.5) is 4.39 Å². The topological polar surface area (TPSA) is 75.4 Å². The van der Waals surface area contributed by atoms with Crippen molar-refractivity contribution >= 4 is 28.8 Å². The van der Waals surface area contributed by atoms with Crippen molar-refractivity contribution < 1.29 is 14.3 Å². The van der Waals surface area contributed by atoms with E-state index in [1.807, 2.05) is 0 Å². The number of aromatic nitrogens is 2. The molecule has 1 aromatic carbocycles. The second-order valence-corrected chi connectivity index (χ2v) is 8.96. The second kappa shape index (κ2) is 9.15. The quantitative estimate of drug-likeness (QED) is 0.581. The first-order valence-electron chi connectivity index (χ1n) is 10.0. The molecule has 0 radical (unpaired) electrons. The van der Waals surface area contributed by atoms with Crippen molar-refractivity contribution in [1.29, 1.82) is 0 Å². The highest BCUT2D eigenvalue weighted by molar-refractivity contribution is 7.15. The monoisotopic (exact) mass is 471 g/mol. The summed E-state index contributed by atoms with van der Waals surface area (Å²) in [6, 6.07) is 7.09. The van der Waals surface area contributed by atoms with Crippen molar-refractivity contribution in [1.82, 2.24) is 14.5 Å². The standard InChI is InChI=1S/C23H19ClFN3O3S/c1-2-27-13-16(20(29)21(30)19(27)23(31)28-9-4-3-5-10-28)22-26-12-15(32-22)11-14-7-6-8-17(24)18(14)25/h1,6-8,12-13,30H,3-5,9-11H2. The lowest BCUT2D eigenvalue weighted by molar-refractivity contribution is 0.0712. The lowest BCUT2D eigenvalue weighted by Crippen LogP contribution is -2.37. The van der Waals surface area contributed by atoms with E-state index in [-0.39, 0.29) is 22.7 Å². The van der Waals surface area contributed by atoms with E-state index in [1.165, 1.54) is 29.8 Å². The molecule has 0 atom stereocenters. The number of thiazole rings is 1. The van der Waals surface area contributed by atoms with E-state index >= 15 is 0 Å². The Labute approximate surface area is 192 Å². The maximum absolute atomic E-state index is 14.2. The van der Waals surface area contributed by atoms with E-state index in [9.17, 15) is 19.1 Å². The van der Waals surface area contributed by atoms with Crippen LogP contribution in [0.3, 0.4) is 0 Å². The van der Waals surface area contributed by atoms with Gasteiger partial charge in [0.25, 0.3) is 5.91 Å². The van der Waals surface area contributed by atoms with Gasteiger partial charge in [-0.25, -0.2) is 9.37 Å². The third-order valence-electron chi connectivity index (χ3n) is 5.35. The van der Waals surface area contributed by atoms with Gasteiger partial charge in [-0.05, 0) is 30.9 Å². The molecular weight excluding hydrogens is 453 g/mol. The molecule has 0 unspecified atom stereocenters. The first-order chi connectivity index (χ1) is 15.4. The smallest absolute Gasteiger partial charge is 0.275 e. The molecule has 32 heavy (non-hydrogen) atoms. The molecule has 6 nitrogen and oxygen atoms in total. The van der Waals surface area contributed by atoms with Crippen LogP contribution in [0.5, 0.6) is 5.75 Å². The molecule has 0 bridgehead atoms. The summed E-state index contributed by atoms with van der Waals surface area (Å²) in [4.78, 5) is 32.4. The highest BCUT2D eigenvalue weighted by Gasteiger charge is 2.27. The maximum Gasteiger partial charge on any atom is 0.275 e. The minimum absolute atomic E-state index is 0.0306. The number of amides is 1. The number of hydrogen-bond acceptors (Lipinski definition) is 5. The van der Waals surface area contributed by atoms with E-state index < -0.39 is 22.9 Å². The second-order valence-electron chi connectivity index (χ2n) is 7.44. The average Bonchev–Trinajstić information content (AvgIpc) is 3.27. The highest BCUT2D eigenvalue weighted by Crippen LogP contribution is 2.29. The summed E-state index contributed by atoms with van der Waals surface area (Å²) in [6.07, 6.45) is 11.4. The third kappa shape index (κ3) is 4.14. The molecule has 0 aliphatic carbocycles. The fourth-order valence-electron chi connectivity index (χ4n) is 3.69. The number of benzene rings is 1. The summed E-state index contributed by atoms with van der Waals surface area (Å²) in [5.41, 5.74) is -0.481. The van der Waals surface area contributed by atoms with Crippen LogP contribution >= 0.6 is 22.9 Å². The summed E-state index contributed by atoms with van der Waals surface area (Å²) >= 11 is 7.01. The molecule has 1 aliphatic heterocycles. The zero-order chi connectivity index (χ0) is 22.8. The molecule has 1 saturated heterocycles. The summed E-state index contributed by atoms with van der Waals surface area (Å²) in [5, 5.41) is 10.9. The first kappa shape index (κ1) is 22.1. The number of likely N-dealkylation sites (tertiary alicyclic amines) is 1. The maximum atomic E-state index is 14.2. The third-order valence-corrected chi connectivity index (χ3v) is 6.67. The Kier molecular flexibility index (Phi) is 6.31. The lowest BCUT2D eigenvalue weighted by Gasteiger charge is -2.27. The number of hydrogen-bond donors (Lipinski definition) is 1. The Morgan fingerprint density at radius 2 is 2.06 bits per heavy atom. The molecule has 1 N–H and O–H groups in total. The zero-order valence-electron chi connectivity index (χ0n) is 17.0. The van der Waals surface area contributed by atoms with Gasteiger partial charge in [-0.15, -0.1) is 11.3 Å². The number of rotatable bonds is 4. The number of halogens is 2. The average molecular weight is 472 g/mol. The largest absolute Gasteiger partial charge is 0.502 e. The van der Waals surface area contributed by atoms with Crippen LogP contribution in [-0.4, -0.2) is 38.6 Å². The molecule has 1 amide bonds. The van der Waals surface area contributed by atoms with E-state index in [2.05, 4.69) is 11.0 Å². The van der Waals surface area contributed by atoms with Gasteiger partial charge >= 0.3 is 0 Å². The number of pyridine rings is 1. The highest BCUT2D eigenvalue weighted by atomic mass is 35.5. The molecule has 164 valence electrons. The lowest BCUT2D eigenvalue weighted by atomic mass is 10.1. The molecule has 2 aromatic heterocycles. The molecule has 3 heterocycles. The van der Waals surface area contributed by atoms with Crippen LogP contribution in [-0.2, 0) is 6.42 Å². The first-order valence-corrected chi connectivity index (χ1v) is 11.2. The Bertz CT molecular complexity index is 1290. The van der Waals surface area contributed by atoms with Gasteiger partial charge in [0.1, 0.15) is 10.8 Å². The predicted molar refractivity (Wildman–Crippen MR) is 122 cm³/mol. The fraction of sp³-hybridized carbons (Fsp3) is 0.261. The number of carbonyl (C=O) groups is 1. The van der Waals surface area contributed by atoms with Gasteiger partial charge in [0.05, 0.1) is 10.6 Å². The van der Waals surface area contributed by atoms with Gasteiger partial charge in [0, 0.05) is 42.8 Å². The van der Waals surface area contributed by atoms with Crippen LogP contribution in [0.15, 0.2) is 35.4 Å². The van der Waals surface area contributed by atoms with Gasteiger partial charge in [-0.1, -0.05) is 30.2 Å². The van der Waals surface area contributed by atoms with E-state index in [0.29, 0.717) is 28.5 Å². The van der Waals surface area contributed by atoms with Crippen molar-refractivity contribution in [3.63, 3.8) is 0 Å². The Morgan fingerprint density at radius 3 is 2.78 bits per heavy atom. The van der Waals surface area contributed by atoms with E-state index in [0.717, 1.165) is 23.8 Å². The minimum Gasteiger partial charge on any atom is -0.502 e. The van der Waals surface area contributed by atoms with Crippen LogP contribution < -0.4 is 5.43 Å². The minimum atomic E-state index is -0.730. The molecule has 4 rings (SSSR count). The summed E-state index contributed by atoms with van der Waals surface area (Å²) in [6.45, 7) is 1.10. The summed E-state index contributed by atoms with van der Waals surface area (Å²) in [5.74, 6) is -1.68. The number of piperidine rings is 1. The summed E-state index contributed by atoms with van der Waals surface area (Å²) in [7, 11) is 0. The Hall–Kier alpha value is -3.15. The van der Waals surface area contributed by atoms with Crippen molar-refractivity contribution in [3.05, 3.63) is 67.8 Å². The van der Waals surface area contributed by atoms with E-state index in [1.54, 1.807) is 17.0 Å². The zero-order valence-corrected chi connectivity index (χ0v) is 18.5. The molecule has 1 aliphatic rings. The van der Waals surface area contributed by atoms with Crippen molar-refractivity contribution in [3.8, 4) is 28.8 Å². The number of aromatic hydroxyl groups is 1. The van der Waals surface area contributed by atoms with E-state index in [4.69, 9.17) is 18.0 Å². The van der Waals surface area contributed by atoms with Crippen molar-refractivity contribution in [2.45, 2.75) is 25.7 Å². The fourth-order valence-corrected chi connectivity index (χ4v) is 4.83. The van der Waals surface area contributed by atoms with Crippen LogP contribution in [0.25, 0.3) is 10.6 Å². The van der Waals surface area contributed by atoms with Crippen molar-refractivity contribution in [2.24, 2.45) is 0 Å². The normalized spacial score (nSPS) is 13.7. The molecule has 0 spiro atoms. The molecule has 0 saturated carbocycles. The van der Waals surface area contributed by atoms with Gasteiger partial charge < -0.3 is 10.0 Å². The van der Waals surface area contributed by atoms with Crippen molar-refractivity contribution in [2.75, 3.05) is 13.1 Å². The molecular formula is C23H19ClFN3O3S. The van der Waals surface area contributed by atoms with Gasteiger partial charge in [0.15, 0.2) is 11.4 Å². The van der Waals surface area contributed by atoms with Crippen LogP contribution in [0, 0.1) is 18.3 Å². The Balaban J connectivity index is 1.69. The number of terminal acetylenes is 1. The Morgan fingerprint density at radius 1 is 1.31 bits per heavy atom. The number of carbonyl (C=O) groups excluding carboxylic acids is 1. The SMILES string of the molecule is C#Cn1cc(-c2ncc(Cc3cccc(Cl)c3F)s2)c(=O)c(O)c1C(=O)N1CCCCC1. The molecule has 9 heteroatoms. The van der Waals surface area contributed by atoms with Crippen LogP contribution in [0.2, 0.25) is 5.02 Å². The molecule has 3 aromatic rings. The summed E-state index contributed by atoms with van der Waals surface area (Å²) < 4.78 is 15.3. The number of nitrogens with zero attached hydrogens (tertiary/aromatic N) is 3. The molecule has 1 fully saturated rings.